The van der Waals surface area contributed by atoms with E-state index in [0.29, 0.717) is 18.4 Å². The summed E-state index contributed by atoms with van der Waals surface area (Å²) >= 11 is 0. The summed E-state index contributed by atoms with van der Waals surface area (Å²) in [5.41, 5.74) is 2.41. The van der Waals surface area contributed by atoms with Crippen molar-refractivity contribution in [2.75, 3.05) is 13.7 Å². The van der Waals surface area contributed by atoms with Gasteiger partial charge in [-0.25, -0.2) is 0 Å². The molecule has 29 heavy (non-hydrogen) atoms. The minimum absolute atomic E-state index is 0.161. The Labute approximate surface area is 173 Å². The maximum absolute atomic E-state index is 13.4. The lowest BCUT2D eigenvalue weighted by Crippen LogP contribution is -2.59. The highest BCUT2D eigenvalue weighted by molar-refractivity contribution is 5.83. The molecule has 4 aliphatic rings. The predicted molar refractivity (Wildman–Crippen MR) is 113 cm³/mol. The Morgan fingerprint density at radius 3 is 2.52 bits per heavy atom. The number of carbonyl (C=O) groups excluding carboxylic acids is 1. The summed E-state index contributed by atoms with van der Waals surface area (Å²) in [7, 11) is 1.71. The normalized spacial score (nSPS) is 32.2. The summed E-state index contributed by atoms with van der Waals surface area (Å²) in [4.78, 5) is 17.8. The Morgan fingerprint density at radius 2 is 1.86 bits per heavy atom. The number of rotatable bonds is 6. The number of aromatic nitrogens is 1. The summed E-state index contributed by atoms with van der Waals surface area (Å²) in [6.45, 7) is 0.669. The number of nitrogens with one attached hydrogen (secondary N) is 1. The minimum atomic E-state index is -0.186. The van der Waals surface area contributed by atoms with Gasteiger partial charge in [0.05, 0.1) is 12.5 Å². The number of nitrogens with zero attached hydrogens (tertiary/aromatic N) is 1. The van der Waals surface area contributed by atoms with Crippen LogP contribution in [0, 0.1) is 17.3 Å². The second-order valence-electron chi connectivity index (χ2n) is 9.58. The first-order chi connectivity index (χ1) is 14.1. The molecule has 1 heterocycles. The first-order valence-corrected chi connectivity index (χ1v) is 10.9. The fraction of sp³-hybridized carbons (Fsp3) is 0.520. The van der Waals surface area contributed by atoms with Gasteiger partial charge in [0.15, 0.2) is 0 Å². The molecule has 1 amide bonds. The summed E-state index contributed by atoms with van der Waals surface area (Å²) in [6, 6.07) is 14.6. The molecule has 4 nitrogen and oxygen atoms in total. The van der Waals surface area contributed by atoms with Gasteiger partial charge in [0.25, 0.3) is 0 Å². The van der Waals surface area contributed by atoms with Crippen LogP contribution in [0.15, 0.2) is 48.7 Å². The molecule has 4 fully saturated rings. The van der Waals surface area contributed by atoms with Crippen molar-refractivity contribution in [1.29, 1.82) is 0 Å². The van der Waals surface area contributed by atoms with Crippen molar-refractivity contribution in [3.05, 3.63) is 59.9 Å². The molecule has 4 heteroatoms. The van der Waals surface area contributed by atoms with E-state index in [9.17, 15) is 4.79 Å². The molecule has 4 saturated carbocycles. The molecule has 1 N–H and O–H groups in total. The number of benzene rings is 1. The average Bonchev–Trinajstić information content (AvgIpc) is 2.73. The lowest BCUT2D eigenvalue weighted by Gasteiger charge is -2.61. The molecule has 0 radical (unpaired) electrons. The molecule has 1 aromatic carbocycles. The van der Waals surface area contributed by atoms with Crippen molar-refractivity contribution in [1.82, 2.24) is 10.3 Å². The smallest absolute Gasteiger partial charge is 0.226 e. The van der Waals surface area contributed by atoms with Crippen LogP contribution in [0.4, 0.5) is 0 Å². The third-order valence-electron chi connectivity index (χ3n) is 7.64. The van der Waals surface area contributed by atoms with Crippen molar-refractivity contribution in [3.8, 4) is 5.75 Å². The topological polar surface area (TPSA) is 51.2 Å². The van der Waals surface area contributed by atoms with Gasteiger partial charge < -0.3 is 10.1 Å². The van der Waals surface area contributed by atoms with Crippen LogP contribution in [0.2, 0.25) is 0 Å². The molecule has 2 aromatic rings. The van der Waals surface area contributed by atoms with Crippen LogP contribution in [0.25, 0.3) is 0 Å². The first-order valence-electron chi connectivity index (χ1n) is 10.9. The summed E-state index contributed by atoms with van der Waals surface area (Å²) < 4.78 is 5.36. The quantitative estimate of drug-likeness (QED) is 0.801. The van der Waals surface area contributed by atoms with Gasteiger partial charge in [0, 0.05) is 24.9 Å². The highest BCUT2D eigenvalue weighted by Crippen LogP contribution is 2.65. The highest BCUT2D eigenvalue weighted by atomic mass is 16.5. The van der Waals surface area contributed by atoms with E-state index in [1.807, 2.05) is 24.4 Å². The Bertz CT molecular complexity index is 863. The molecule has 4 bridgehead atoms. The van der Waals surface area contributed by atoms with Crippen molar-refractivity contribution in [2.45, 2.75) is 50.4 Å². The van der Waals surface area contributed by atoms with Crippen LogP contribution in [0.5, 0.6) is 5.75 Å². The minimum Gasteiger partial charge on any atom is -0.497 e. The molecule has 6 rings (SSSR count). The molecular formula is C25H30N2O2. The highest BCUT2D eigenvalue weighted by Gasteiger charge is 2.60. The molecule has 1 aromatic heterocycles. The molecule has 152 valence electrons. The first kappa shape index (κ1) is 18.7. The van der Waals surface area contributed by atoms with Gasteiger partial charge in [-0.2, -0.15) is 0 Å². The van der Waals surface area contributed by atoms with Gasteiger partial charge in [-0.05, 0) is 85.6 Å². The van der Waals surface area contributed by atoms with E-state index in [1.54, 1.807) is 7.11 Å². The number of carbonyl (C=O) groups is 1. The number of hydrogen-bond acceptors (Lipinski definition) is 3. The molecule has 0 aliphatic heterocycles. The van der Waals surface area contributed by atoms with E-state index in [-0.39, 0.29) is 16.7 Å². The molecule has 2 unspecified atom stereocenters. The lowest BCUT2D eigenvalue weighted by atomic mass is 9.42. The lowest BCUT2D eigenvalue weighted by molar-refractivity contribution is -0.149. The zero-order chi connectivity index (χ0) is 19.9. The molecule has 0 saturated heterocycles. The second-order valence-corrected chi connectivity index (χ2v) is 9.58. The van der Waals surface area contributed by atoms with Crippen LogP contribution in [0.1, 0.15) is 49.8 Å². The van der Waals surface area contributed by atoms with E-state index in [4.69, 9.17) is 4.74 Å². The zero-order valence-corrected chi connectivity index (χ0v) is 17.2. The second kappa shape index (κ2) is 7.16. The van der Waals surface area contributed by atoms with Crippen LogP contribution in [-0.4, -0.2) is 24.5 Å². The summed E-state index contributed by atoms with van der Waals surface area (Å²) in [6.07, 6.45) is 9.51. The number of methoxy groups -OCH3 is 1. The van der Waals surface area contributed by atoms with Gasteiger partial charge in [-0.3, -0.25) is 9.78 Å². The predicted octanol–water partition coefficient (Wildman–Crippen LogP) is 4.29. The number of pyridine rings is 1. The molecular weight excluding hydrogens is 360 g/mol. The van der Waals surface area contributed by atoms with Gasteiger partial charge >= 0.3 is 0 Å². The van der Waals surface area contributed by atoms with E-state index in [2.05, 4.69) is 34.6 Å². The third kappa shape index (κ3) is 3.33. The van der Waals surface area contributed by atoms with Gasteiger partial charge in [-0.15, -0.1) is 0 Å². The Kier molecular flexibility index (Phi) is 4.60. The van der Waals surface area contributed by atoms with Crippen LogP contribution < -0.4 is 10.1 Å². The van der Waals surface area contributed by atoms with Crippen LogP contribution >= 0.6 is 0 Å². The Balaban J connectivity index is 1.34. The third-order valence-corrected chi connectivity index (χ3v) is 7.64. The molecule has 4 aliphatic carbocycles. The van der Waals surface area contributed by atoms with E-state index in [0.717, 1.165) is 37.1 Å². The van der Waals surface area contributed by atoms with Gasteiger partial charge in [-0.1, -0.05) is 18.2 Å². The number of ether oxygens (including phenoxy) is 1. The SMILES string of the molecule is COc1ccc(C23CC4CC(CC(C(=O)NCCc5ccccn5)(C4)C2)C3)cc1. The average molecular weight is 391 g/mol. The van der Waals surface area contributed by atoms with Gasteiger partial charge in [0.1, 0.15) is 5.75 Å². The fourth-order valence-electron chi connectivity index (χ4n) is 6.85. The molecule has 0 spiro atoms. The maximum atomic E-state index is 13.4. The monoisotopic (exact) mass is 390 g/mol. The Morgan fingerprint density at radius 1 is 1.10 bits per heavy atom. The van der Waals surface area contributed by atoms with Crippen molar-refractivity contribution >= 4 is 5.91 Å². The summed E-state index contributed by atoms with van der Waals surface area (Å²) in [5.74, 6) is 2.54. The van der Waals surface area contributed by atoms with Gasteiger partial charge in [0.2, 0.25) is 5.91 Å². The van der Waals surface area contributed by atoms with Crippen molar-refractivity contribution in [3.63, 3.8) is 0 Å². The van der Waals surface area contributed by atoms with Crippen LogP contribution in [0.3, 0.4) is 0 Å². The van der Waals surface area contributed by atoms with E-state index in [1.165, 1.54) is 24.8 Å². The number of hydrogen-bond donors (Lipinski definition) is 1. The number of amides is 1. The Hall–Kier alpha value is -2.36. The van der Waals surface area contributed by atoms with Crippen molar-refractivity contribution < 1.29 is 9.53 Å². The van der Waals surface area contributed by atoms with E-state index >= 15 is 0 Å². The fourth-order valence-corrected chi connectivity index (χ4v) is 6.85. The zero-order valence-electron chi connectivity index (χ0n) is 17.2. The summed E-state index contributed by atoms with van der Waals surface area (Å²) in [5, 5.41) is 3.28. The largest absolute Gasteiger partial charge is 0.497 e. The van der Waals surface area contributed by atoms with Crippen molar-refractivity contribution in [2.24, 2.45) is 17.3 Å². The van der Waals surface area contributed by atoms with Crippen LogP contribution in [-0.2, 0) is 16.6 Å². The van der Waals surface area contributed by atoms with E-state index < -0.39 is 0 Å². The maximum Gasteiger partial charge on any atom is 0.226 e. The standard InChI is InChI=1S/C25H30N2O2/c1-29-22-7-5-20(6-8-22)24-13-18-12-19(14-24)16-25(15-18,17-24)23(28)27-11-9-21-4-2-3-10-26-21/h2-8,10,18-19H,9,11-17H2,1H3,(H,27,28). The molecule has 2 atom stereocenters.